The molecule has 0 aliphatic rings. The molecule has 0 rings (SSSR count). The number of likely N-dealkylation sites (N-methyl/N-ethyl adjacent to an activating group) is 1. The number of aliphatic hydroxyl groups excluding tert-OH is 1. The van der Waals surface area contributed by atoms with Crippen molar-refractivity contribution >= 4 is 17.7 Å². The molecule has 0 bridgehead atoms. The molecule has 1 unspecified atom stereocenters. The molecule has 0 aliphatic heterocycles. The van der Waals surface area contributed by atoms with Crippen molar-refractivity contribution in [3.63, 3.8) is 0 Å². The lowest BCUT2D eigenvalue weighted by atomic mass is 10.2. The van der Waals surface area contributed by atoms with Gasteiger partial charge in [-0.25, -0.2) is 0 Å². The van der Waals surface area contributed by atoms with Crippen LogP contribution in [0.1, 0.15) is 6.42 Å². The molecule has 1 amide bonds. The number of hydrogen-bond acceptors (Lipinski definition) is 2. The summed E-state index contributed by atoms with van der Waals surface area (Å²) in [6.07, 6.45) is -0.581. The molecule has 0 saturated carbocycles. The number of halogens is 1. The Labute approximate surface area is 77.8 Å². The summed E-state index contributed by atoms with van der Waals surface area (Å²) in [5.41, 5.74) is 0. The number of nitrogens with zero attached hydrogens (tertiary/aromatic N) is 1. The van der Waals surface area contributed by atoms with Crippen molar-refractivity contribution in [1.82, 2.24) is 4.84 Å². The molecule has 0 aliphatic carbocycles. The Kier molecular flexibility index (Phi) is 4.52. The van der Waals surface area contributed by atoms with Gasteiger partial charge in [-0.05, 0) is 0 Å². The number of rotatable bonds is 4. The average molecular weight is 196 g/mol. The summed E-state index contributed by atoms with van der Waals surface area (Å²) in [4.78, 5) is 12.6. The van der Waals surface area contributed by atoms with E-state index in [1.54, 1.807) is 0 Å². The highest BCUT2D eigenvalue weighted by Crippen LogP contribution is 1.99. The monoisotopic (exact) mass is 195 g/mol. The molecule has 0 aromatic rings. The van der Waals surface area contributed by atoms with E-state index in [9.17, 15) is 9.90 Å². The lowest BCUT2D eigenvalue weighted by Crippen LogP contribution is -2.42. The molecule has 0 saturated heterocycles. The van der Waals surface area contributed by atoms with E-state index in [-0.39, 0.29) is 12.3 Å². The lowest BCUT2D eigenvalue weighted by molar-refractivity contribution is -0.873. The molecule has 0 fully saturated rings. The summed E-state index contributed by atoms with van der Waals surface area (Å²) >= 11 is 5.05. The van der Waals surface area contributed by atoms with E-state index in [0.29, 0.717) is 11.0 Å². The minimum atomic E-state index is -0.635. The molecular weight excluding hydrogens is 180 g/mol. The van der Waals surface area contributed by atoms with Crippen LogP contribution in [-0.4, -0.2) is 49.3 Å². The van der Waals surface area contributed by atoms with Gasteiger partial charge in [-0.3, -0.25) is 9.63 Å². The van der Waals surface area contributed by atoms with Gasteiger partial charge in [0.25, 0.3) is 0 Å². The van der Waals surface area contributed by atoms with Crippen LogP contribution >= 0.6 is 11.8 Å². The van der Waals surface area contributed by atoms with Crippen LogP contribution in [0, 0.1) is 0 Å². The zero-order chi connectivity index (χ0) is 9.78. The van der Waals surface area contributed by atoms with Gasteiger partial charge in [-0.1, -0.05) is 0 Å². The maximum atomic E-state index is 10.7. The fourth-order valence-electron chi connectivity index (χ4n) is 0.949. The number of carbonyl (C=O) groups is 1. The maximum absolute atomic E-state index is 10.7. The first-order valence-corrected chi connectivity index (χ1v) is 4.11. The molecule has 0 radical (unpaired) electrons. The summed E-state index contributed by atoms with van der Waals surface area (Å²) in [5, 5.41) is 9.35. The van der Waals surface area contributed by atoms with E-state index in [0.717, 1.165) is 0 Å². The van der Waals surface area contributed by atoms with Crippen LogP contribution in [-0.2, 0) is 4.79 Å². The second kappa shape index (κ2) is 4.64. The zero-order valence-electron chi connectivity index (χ0n) is 7.67. The van der Waals surface area contributed by atoms with Gasteiger partial charge in [0.2, 0.25) is 5.91 Å². The lowest BCUT2D eigenvalue weighted by Gasteiger charge is -2.26. The topological polar surface area (TPSA) is 49.3 Å². The molecule has 2 N–H and O–H groups in total. The zero-order valence-corrected chi connectivity index (χ0v) is 8.43. The molecule has 12 heavy (non-hydrogen) atoms. The van der Waals surface area contributed by atoms with Gasteiger partial charge < -0.3 is 9.59 Å². The molecule has 1 atom stereocenters. The molecule has 5 heteroatoms. The highest BCUT2D eigenvalue weighted by atomic mass is 35.5. The molecule has 0 heterocycles. The third-order valence-corrected chi connectivity index (χ3v) is 1.50. The normalized spacial score (nSPS) is 14.1. The molecule has 0 aromatic heterocycles. The first-order chi connectivity index (χ1) is 5.35. The smallest absolute Gasteiger partial charge is 0.237 e. The van der Waals surface area contributed by atoms with Crippen molar-refractivity contribution in [2.24, 2.45) is 0 Å². The van der Waals surface area contributed by atoms with E-state index in [1.807, 2.05) is 26.0 Å². The second-order valence-corrected chi connectivity index (χ2v) is 4.04. The van der Waals surface area contributed by atoms with Crippen LogP contribution in [0.25, 0.3) is 0 Å². The van der Waals surface area contributed by atoms with Gasteiger partial charge in [-0.15, -0.1) is 0 Å². The van der Waals surface area contributed by atoms with Crippen LogP contribution in [0.3, 0.4) is 0 Å². The Morgan fingerprint density at radius 2 is 2.08 bits per heavy atom. The first kappa shape index (κ1) is 11.7. The SMILES string of the molecule is C[N+](C)(C)CC(O)CC(=O)NCl. The number of nitrogens with one attached hydrogen (secondary N) is 1. The quantitative estimate of drug-likeness (QED) is 0.479. The average Bonchev–Trinajstić information content (AvgIpc) is 1.82. The summed E-state index contributed by atoms with van der Waals surface area (Å²) in [7, 11) is 5.84. The van der Waals surface area contributed by atoms with Gasteiger partial charge in [-0.2, -0.15) is 0 Å². The number of hydrogen-bond donors (Lipinski definition) is 2. The van der Waals surface area contributed by atoms with E-state index in [2.05, 4.69) is 0 Å². The van der Waals surface area contributed by atoms with Crippen LogP contribution in [0.4, 0.5) is 0 Å². The fourth-order valence-corrected chi connectivity index (χ4v) is 1.03. The summed E-state index contributed by atoms with van der Waals surface area (Å²) < 4.78 is 0.622. The van der Waals surface area contributed by atoms with Crippen molar-refractivity contribution in [3.8, 4) is 0 Å². The predicted molar refractivity (Wildman–Crippen MR) is 47.5 cm³/mol. The third kappa shape index (κ3) is 6.39. The van der Waals surface area contributed by atoms with Crippen molar-refractivity contribution in [1.29, 1.82) is 0 Å². The number of carbonyl (C=O) groups excluding carboxylic acids is 1. The van der Waals surface area contributed by atoms with Crippen LogP contribution in [0.2, 0.25) is 0 Å². The van der Waals surface area contributed by atoms with Crippen LogP contribution in [0.5, 0.6) is 0 Å². The summed E-state index contributed by atoms with van der Waals surface area (Å²) in [6.45, 7) is 0.532. The molecule has 72 valence electrons. The standard InChI is InChI=1S/C7H15ClN2O2/c1-10(2,3)5-6(11)4-7(12)9-8/h6,11H,4-5H2,1-3H3/p+1. The van der Waals surface area contributed by atoms with Crippen LogP contribution in [0.15, 0.2) is 0 Å². The van der Waals surface area contributed by atoms with E-state index in [1.165, 1.54) is 0 Å². The molecule has 0 spiro atoms. The number of amides is 1. The van der Waals surface area contributed by atoms with Gasteiger partial charge in [0.15, 0.2) is 0 Å². The minimum absolute atomic E-state index is 0.0546. The van der Waals surface area contributed by atoms with Crippen LogP contribution < -0.4 is 4.84 Å². The Bertz CT molecular complexity index is 156. The van der Waals surface area contributed by atoms with Gasteiger partial charge in [0, 0.05) is 11.8 Å². The maximum Gasteiger partial charge on any atom is 0.237 e. The van der Waals surface area contributed by atoms with Crippen molar-refractivity contribution in [2.45, 2.75) is 12.5 Å². The first-order valence-electron chi connectivity index (χ1n) is 3.73. The highest BCUT2D eigenvalue weighted by molar-refractivity contribution is 6.21. The van der Waals surface area contributed by atoms with Gasteiger partial charge in [0.05, 0.1) is 27.6 Å². The highest BCUT2D eigenvalue weighted by Gasteiger charge is 2.17. The second-order valence-electron chi connectivity index (χ2n) is 3.85. The van der Waals surface area contributed by atoms with E-state index < -0.39 is 6.10 Å². The van der Waals surface area contributed by atoms with Crippen molar-refractivity contribution in [3.05, 3.63) is 0 Å². The largest absolute Gasteiger partial charge is 0.387 e. The van der Waals surface area contributed by atoms with Gasteiger partial charge >= 0.3 is 0 Å². The minimum Gasteiger partial charge on any atom is -0.387 e. The molecule has 4 nitrogen and oxygen atoms in total. The van der Waals surface area contributed by atoms with Gasteiger partial charge in [0.1, 0.15) is 12.6 Å². The Morgan fingerprint density at radius 1 is 1.58 bits per heavy atom. The van der Waals surface area contributed by atoms with E-state index in [4.69, 9.17) is 11.8 Å². The van der Waals surface area contributed by atoms with Crippen molar-refractivity contribution in [2.75, 3.05) is 27.7 Å². The van der Waals surface area contributed by atoms with E-state index >= 15 is 0 Å². The summed E-state index contributed by atoms with van der Waals surface area (Å²) in [6, 6.07) is 0. The molecular formula is C7H16ClN2O2+. The predicted octanol–water partition coefficient (Wildman–Crippen LogP) is -0.286. The Morgan fingerprint density at radius 3 is 2.42 bits per heavy atom. The van der Waals surface area contributed by atoms with Crippen molar-refractivity contribution < 1.29 is 14.4 Å². The fraction of sp³-hybridized carbons (Fsp3) is 0.857. The number of aliphatic hydroxyl groups is 1. The number of quaternary nitrogens is 1. The third-order valence-electron chi connectivity index (χ3n) is 1.28. The Hall–Kier alpha value is -0.320. The Balaban J connectivity index is 3.74. The summed E-state index contributed by atoms with van der Waals surface area (Å²) in [5.74, 6) is -0.349. The molecule has 0 aromatic carbocycles.